The number of amides is 2. The van der Waals surface area contributed by atoms with Crippen molar-refractivity contribution in [2.24, 2.45) is 5.73 Å². The summed E-state index contributed by atoms with van der Waals surface area (Å²) in [7, 11) is 4.05. The van der Waals surface area contributed by atoms with Crippen LogP contribution in [0.5, 0.6) is 0 Å². The number of benzene rings is 1. The number of piperidine rings is 1. The molecule has 0 unspecified atom stereocenters. The minimum atomic E-state index is -1.34. The van der Waals surface area contributed by atoms with Crippen LogP contribution in [0.3, 0.4) is 0 Å². The van der Waals surface area contributed by atoms with Gasteiger partial charge in [-0.2, -0.15) is 0 Å². The zero-order valence-corrected chi connectivity index (χ0v) is 21.2. The van der Waals surface area contributed by atoms with Gasteiger partial charge in [-0.05, 0) is 58.5 Å². The standard InChI is InChI=1S/C26H36FN5O3/c1-26(2,3)35-25(34)32-11-10-22(21(27)16-32)30-23-13-19(29-14-20(23)24(28)33)12-17-6-8-18(9-7-17)15-31(4)5/h6-9,13-14,21-22H,10-12,15-16H2,1-5H3,(H2,28,33)(H,29,30)/t21-,22+/m0/s1. The second kappa shape index (κ2) is 11.0. The monoisotopic (exact) mass is 485 g/mol. The van der Waals surface area contributed by atoms with E-state index in [2.05, 4.69) is 39.5 Å². The van der Waals surface area contributed by atoms with Crippen LogP contribution in [-0.2, 0) is 17.7 Å². The number of carbonyl (C=O) groups excluding carboxylic acids is 2. The number of nitrogens with zero attached hydrogens (tertiary/aromatic N) is 3. The van der Waals surface area contributed by atoms with Gasteiger partial charge in [-0.1, -0.05) is 24.3 Å². The molecule has 1 saturated heterocycles. The molecule has 1 fully saturated rings. The molecule has 190 valence electrons. The molecule has 2 heterocycles. The zero-order chi connectivity index (χ0) is 25.8. The molecule has 1 aromatic heterocycles. The predicted octanol–water partition coefficient (Wildman–Crippen LogP) is 3.59. The number of aromatic nitrogens is 1. The Bertz CT molecular complexity index is 1040. The van der Waals surface area contributed by atoms with Gasteiger partial charge in [-0.25, -0.2) is 9.18 Å². The van der Waals surface area contributed by atoms with Gasteiger partial charge in [-0.15, -0.1) is 0 Å². The maximum absolute atomic E-state index is 15.0. The fourth-order valence-corrected chi connectivity index (χ4v) is 4.01. The van der Waals surface area contributed by atoms with Crippen LogP contribution in [0.1, 0.15) is 54.4 Å². The average Bonchev–Trinajstić information content (AvgIpc) is 2.75. The maximum Gasteiger partial charge on any atom is 0.410 e. The van der Waals surface area contributed by atoms with Gasteiger partial charge < -0.3 is 25.6 Å². The van der Waals surface area contributed by atoms with Gasteiger partial charge in [-0.3, -0.25) is 9.78 Å². The average molecular weight is 486 g/mol. The van der Waals surface area contributed by atoms with E-state index in [4.69, 9.17) is 10.5 Å². The molecule has 8 nitrogen and oxygen atoms in total. The minimum Gasteiger partial charge on any atom is -0.444 e. The van der Waals surface area contributed by atoms with Crippen molar-refractivity contribution >= 4 is 17.7 Å². The van der Waals surface area contributed by atoms with Crippen molar-refractivity contribution in [3.05, 3.63) is 58.9 Å². The normalized spacial score (nSPS) is 18.4. The molecule has 0 radical (unpaired) electrons. The molecule has 9 heteroatoms. The quantitative estimate of drug-likeness (QED) is 0.622. The number of likely N-dealkylation sites (tertiary alicyclic amines) is 1. The fourth-order valence-electron chi connectivity index (χ4n) is 4.01. The number of nitrogens with one attached hydrogen (secondary N) is 1. The van der Waals surface area contributed by atoms with Crippen molar-refractivity contribution in [3.8, 4) is 0 Å². The number of pyridine rings is 1. The summed E-state index contributed by atoms with van der Waals surface area (Å²) in [5, 5.41) is 3.15. The summed E-state index contributed by atoms with van der Waals surface area (Å²) in [5.74, 6) is -0.638. The van der Waals surface area contributed by atoms with E-state index in [0.717, 1.165) is 17.8 Å². The lowest BCUT2D eigenvalue weighted by Gasteiger charge is -2.36. The summed E-state index contributed by atoms with van der Waals surface area (Å²) < 4.78 is 20.4. The van der Waals surface area contributed by atoms with Gasteiger partial charge in [0.25, 0.3) is 5.91 Å². The lowest BCUT2D eigenvalue weighted by molar-refractivity contribution is 0.0125. The Kier molecular flexibility index (Phi) is 8.32. The molecule has 3 rings (SSSR count). The Balaban J connectivity index is 1.70. The van der Waals surface area contributed by atoms with Gasteiger partial charge in [0, 0.05) is 31.4 Å². The van der Waals surface area contributed by atoms with E-state index < -0.39 is 29.8 Å². The van der Waals surface area contributed by atoms with Crippen LogP contribution >= 0.6 is 0 Å². The molecule has 1 aromatic carbocycles. The van der Waals surface area contributed by atoms with Gasteiger partial charge in [0.1, 0.15) is 11.8 Å². The van der Waals surface area contributed by atoms with Crippen molar-refractivity contribution in [1.82, 2.24) is 14.8 Å². The third-order valence-electron chi connectivity index (χ3n) is 5.67. The molecule has 1 aliphatic rings. The zero-order valence-electron chi connectivity index (χ0n) is 21.2. The van der Waals surface area contributed by atoms with Crippen LogP contribution in [0, 0.1) is 0 Å². The molecular weight excluding hydrogens is 449 g/mol. The smallest absolute Gasteiger partial charge is 0.410 e. The van der Waals surface area contributed by atoms with Crippen LogP contribution in [0.4, 0.5) is 14.9 Å². The fraction of sp³-hybridized carbons (Fsp3) is 0.500. The lowest BCUT2D eigenvalue weighted by Crippen LogP contribution is -2.51. The number of nitrogens with two attached hydrogens (primary N) is 1. The summed E-state index contributed by atoms with van der Waals surface area (Å²) in [6.07, 6.45) is 0.496. The van der Waals surface area contributed by atoms with Crippen LogP contribution in [0.2, 0.25) is 0 Å². The van der Waals surface area contributed by atoms with Gasteiger partial charge >= 0.3 is 6.09 Å². The Morgan fingerprint density at radius 2 is 1.89 bits per heavy atom. The highest BCUT2D eigenvalue weighted by molar-refractivity contribution is 5.98. The van der Waals surface area contributed by atoms with Gasteiger partial charge in [0.2, 0.25) is 0 Å². The molecule has 0 saturated carbocycles. The second-order valence-corrected chi connectivity index (χ2v) is 10.3. The van der Waals surface area contributed by atoms with Crippen molar-refractivity contribution in [2.75, 3.05) is 32.5 Å². The first-order valence-corrected chi connectivity index (χ1v) is 11.8. The SMILES string of the molecule is CN(C)Cc1ccc(Cc2cc(N[C@@H]3CCN(C(=O)OC(C)(C)C)C[C@@H]3F)c(C(N)=O)cn2)cc1. The first-order chi connectivity index (χ1) is 16.4. The minimum absolute atomic E-state index is 0.0876. The van der Waals surface area contributed by atoms with E-state index in [1.165, 1.54) is 16.7 Å². The number of halogens is 1. The Morgan fingerprint density at radius 1 is 1.23 bits per heavy atom. The highest BCUT2D eigenvalue weighted by Gasteiger charge is 2.34. The van der Waals surface area contributed by atoms with E-state index >= 15 is 4.39 Å². The number of rotatable bonds is 7. The van der Waals surface area contributed by atoms with Crippen molar-refractivity contribution < 1.29 is 18.7 Å². The summed E-state index contributed by atoms with van der Waals surface area (Å²) in [6.45, 7) is 6.44. The molecule has 0 bridgehead atoms. The molecule has 35 heavy (non-hydrogen) atoms. The predicted molar refractivity (Wildman–Crippen MR) is 134 cm³/mol. The molecule has 2 atom stereocenters. The van der Waals surface area contributed by atoms with Crippen LogP contribution in [0.15, 0.2) is 36.5 Å². The van der Waals surface area contributed by atoms with Crippen LogP contribution in [-0.4, -0.2) is 71.8 Å². The maximum atomic E-state index is 15.0. The summed E-state index contributed by atoms with van der Waals surface area (Å²) >= 11 is 0. The van der Waals surface area contributed by atoms with E-state index in [9.17, 15) is 9.59 Å². The molecular formula is C26H36FN5O3. The van der Waals surface area contributed by atoms with E-state index in [1.54, 1.807) is 26.8 Å². The number of alkyl halides is 1. The number of carbonyl (C=O) groups is 2. The highest BCUT2D eigenvalue weighted by Crippen LogP contribution is 2.24. The number of anilines is 1. The Morgan fingerprint density at radius 3 is 2.46 bits per heavy atom. The summed E-state index contributed by atoms with van der Waals surface area (Å²) in [5.41, 5.74) is 8.58. The third kappa shape index (κ3) is 7.65. The van der Waals surface area contributed by atoms with Crippen molar-refractivity contribution in [1.29, 1.82) is 0 Å². The molecule has 0 spiro atoms. The number of primary amides is 1. The highest BCUT2D eigenvalue weighted by atomic mass is 19.1. The van der Waals surface area contributed by atoms with E-state index in [-0.39, 0.29) is 12.1 Å². The Hall–Kier alpha value is -3.20. The summed E-state index contributed by atoms with van der Waals surface area (Å²) in [4.78, 5) is 32.2. The van der Waals surface area contributed by atoms with Crippen LogP contribution in [0.25, 0.3) is 0 Å². The molecule has 0 aliphatic carbocycles. The number of hydrogen-bond donors (Lipinski definition) is 2. The topological polar surface area (TPSA) is 101 Å². The Labute approximate surface area is 206 Å². The molecule has 1 aliphatic heterocycles. The first kappa shape index (κ1) is 26.4. The molecule has 2 amide bonds. The number of hydrogen-bond acceptors (Lipinski definition) is 6. The second-order valence-electron chi connectivity index (χ2n) is 10.3. The van der Waals surface area contributed by atoms with Crippen molar-refractivity contribution in [2.45, 2.75) is 58.0 Å². The first-order valence-electron chi connectivity index (χ1n) is 11.8. The van der Waals surface area contributed by atoms with E-state index in [0.29, 0.717) is 25.1 Å². The van der Waals surface area contributed by atoms with Crippen molar-refractivity contribution in [3.63, 3.8) is 0 Å². The molecule has 3 N–H and O–H groups in total. The van der Waals surface area contributed by atoms with Crippen LogP contribution < -0.4 is 11.1 Å². The van der Waals surface area contributed by atoms with Gasteiger partial charge in [0.05, 0.1) is 23.8 Å². The summed E-state index contributed by atoms with van der Waals surface area (Å²) in [6, 6.07) is 9.45. The van der Waals surface area contributed by atoms with Gasteiger partial charge in [0.15, 0.2) is 0 Å². The third-order valence-corrected chi connectivity index (χ3v) is 5.67. The largest absolute Gasteiger partial charge is 0.444 e. The number of ether oxygens (including phenoxy) is 1. The van der Waals surface area contributed by atoms with E-state index in [1.807, 2.05) is 14.1 Å². The lowest BCUT2D eigenvalue weighted by atomic mass is 10.0. The molecule has 2 aromatic rings.